The van der Waals surface area contributed by atoms with Crippen LogP contribution in [0.25, 0.3) is 0 Å². The van der Waals surface area contributed by atoms with Gasteiger partial charge in [0.1, 0.15) is 5.60 Å². The quantitative estimate of drug-likeness (QED) is 0.834. The van der Waals surface area contributed by atoms with E-state index >= 15 is 0 Å². The molecule has 2 N–H and O–H groups in total. The Morgan fingerprint density at radius 1 is 1.50 bits per heavy atom. The van der Waals surface area contributed by atoms with Crippen LogP contribution in [0.3, 0.4) is 0 Å². The van der Waals surface area contributed by atoms with Gasteiger partial charge >= 0.3 is 6.09 Å². The minimum atomic E-state index is -0.462. The summed E-state index contributed by atoms with van der Waals surface area (Å²) in [5.74, 6) is -0.0417. The number of pyridine rings is 1. The van der Waals surface area contributed by atoms with Crippen LogP contribution in [0, 0.1) is 0 Å². The molecule has 0 radical (unpaired) electrons. The second kappa shape index (κ2) is 6.31. The normalized spacial score (nSPS) is 24.8. The molecule has 2 amide bonds. The second-order valence-electron chi connectivity index (χ2n) is 5.84. The van der Waals surface area contributed by atoms with E-state index in [4.69, 9.17) is 4.74 Å². The maximum absolute atomic E-state index is 12.0. The van der Waals surface area contributed by atoms with E-state index in [1.807, 2.05) is 23.1 Å². The average Bonchev–Trinajstić information content (AvgIpc) is 2.86. The summed E-state index contributed by atoms with van der Waals surface area (Å²) in [5.41, 5.74) is 0.372. The fraction of sp³-hybridized carbons (Fsp3) is 0.533. The molecule has 1 spiro atoms. The van der Waals surface area contributed by atoms with Crippen LogP contribution in [0.15, 0.2) is 24.4 Å². The highest BCUT2D eigenvalue weighted by atomic mass is 16.6. The van der Waals surface area contributed by atoms with E-state index in [-0.39, 0.29) is 12.0 Å². The lowest BCUT2D eigenvalue weighted by atomic mass is 9.93. The van der Waals surface area contributed by atoms with Crippen molar-refractivity contribution in [2.75, 3.05) is 26.2 Å². The number of likely N-dealkylation sites (tertiary alicyclic amines) is 1. The molecule has 7 nitrogen and oxygen atoms in total. The van der Waals surface area contributed by atoms with Crippen LogP contribution in [-0.2, 0) is 16.1 Å². The summed E-state index contributed by atoms with van der Waals surface area (Å²) in [7, 11) is 0. The lowest BCUT2D eigenvalue weighted by molar-refractivity contribution is -0.123. The van der Waals surface area contributed by atoms with Gasteiger partial charge in [0.15, 0.2) is 0 Å². The average molecular weight is 304 g/mol. The molecule has 2 fully saturated rings. The number of alkyl carbamates (subject to hydrolysis) is 1. The minimum Gasteiger partial charge on any atom is -0.440 e. The first kappa shape index (κ1) is 14.8. The molecule has 2 aliphatic rings. The summed E-state index contributed by atoms with van der Waals surface area (Å²) < 4.78 is 5.40. The van der Waals surface area contributed by atoms with Crippen LogP contribution in [0.5, 0.6) is 0 Å². The Kier molecular flexibility index (Phi) is 4.24. The maximum Gasteiger partial charge on any atom is 0.407 e. The number of carbonyl (C=O) groups is 2. The van der Waals surface area contributed by atoms with Crippen LogP contribution in [0.4, 0.5) is 4.79 Å². The SMILES string of the molecule is O=C(CN1CCCC2(CNC(=O)O2)C1)NCc1ccccn1. The molecular weight excluding hydrogens is 284 g/mol. The summed E-state index contributed by atoms with van der Waals surface area (Å²) in [5, 5.41) is 5.57. The Morgan fingerprint density at radius 3 is 3.14 bits per heavy atom. The smallest absolute Gasteiger partial charge is 0.407 e. The molecule has 0 saturated carbocycles. The highest BCUT2D eigenvalue weighted by Gasteiger charge is 2.43. The summed E-state index contributed by atoms with van der Waals surface area (Å²) in [6.45, 7) is 2.71. The van der Waals surface area contributed by atoms with E-state index in [1.54, 1.807) is 6.20 Å². The van der Waals surface area contributed by atoms with Crippen molar-refractivity contribution in [3.8, 4) is 0 Å². The lowest BCUT2D eigenvalue weighted by Gasteiger charge is -2.37. The first-order chi connectivity index (χ1) is 10.7. The van der Waals surface area contributed by atoms with Crippen molar-refractivity contribution in [3.63, 3.8) is 0 Å². The first-order valence-electron chi connectivity index (χ1n) is 7.51. The van der Waals surface area contributed by atoms with Gasteiger partial charge < -0.3 is 15.4 Å². The zero-order valence-electron chi connectivity index (χ0n) is 12.4. The van der Waals surface area contributed by atoms with Gasteiger partial charge in [0.2, 0.25) is 5.91 Å². The maximum atomic E-state index is 12.0. The van der Waals surface area contributed by atoms with E-state index in [0.29, 0.717) is 26.2 Å². The highest BCUT2D eigenvalue weighted by Crippen LogP contribution is 2.27. The fourth-order valence-electron chi connectivity index (χ4n) is 3.01. The predicted molar refractivity (Wildman–Crippen MR) is 79.0 cm³/mol. The number of nitrogens with zero attached hydrogens (tertiary/aromatic N) is 2. The molecular formula is C15H20N4O3. The molecule has 7 heteroatoms. The largest absolute Gasteiger partial charge is 0.440 e. The van der Waals surface area contributed by atoms with Crippen molar-refractivity contribution in [2.45, 2.75) is 25.0 Å². The summed E-state index contributed by atoms with van der Waals surface area (Å²) in [6.07, 6.45) is 3.11. The van der Waals surface area contributed by atoms with Crippen LogP contribution < -0.4 is 10.6 Å². The highest BCUT2D eigenvalue weighted by molar-refractivity contribution is 5.78. The van der Waals surface area contributed by atoms with Gasteiger partial charge in [0, 0.05) is 12.7 Å². The van der Waals surface area contributed by atoms with Gasteiger partial charge in [-0.15, -0.1) is 0 Å². The Balaban J connectivity index is 1.48. The third-order valence-electron chi connectivity index (χ3n) is 4.04. The number of piperidine rings is 1. The molecule has 0 bridgehead atoms. The Hall–Kier alpha value is -2.15. The van der Waals surface area contributed by atoms with Gasteiger partial charge in [0.05, 0.1) is 25.3 Å². The zero-order chi connectivity index (χ0) is 15.4. The predicted octanol–water partition coefficient (Wildman–Crippen LogP) is 0.272. The van der Waals surface area contributed by atoms with Crippen LogP contribution in [0.1, 0.15) is 18.5 Å². The number of hydrogen-bond donors (Lipinski definition) is 2. The van der Waals surface area contributed by atoms with Crippen LogP contribution in [-0.4, -0.2) is 53.7 Å². The number of nitrogens with one attached hydrogen (secondary N) is 2. The van der Waals surface area contributed by atoms with Crippen molar-refractivity contribution in [1.29, 1.82) is 0 Å². The van der Waals surface area contributed by atoms with Crippen LogP contribution >= 0.6 is 0 Å². The molecule has 1 aromatic heterocycles. The van der Waals surface area contributed by atoms with Crippen molar-refractivity contribution < 1.29 is 14.3 Å². The molecule has 0 aliphatic carbocycles. The Bertz CT molecular complexity index is 551. The number of hydrogen-bond acceptors (Lipinski definition) is 5. The molecule has 1 aromatic rings. The summed E-state index contributed by atoms with van der Waals surface area (Å²) in [4.78, 5) is 29.5. The number of aromatic nitrogens is 1. The summed E-state index contributed by atoms with van der Waals surface area (Å²) >= 11 is 0. The third kappa shape index (κ3) is 3.54. The van der Waals surface area contributed by atoms with Gasteiger partial charge in [-0.05, 0) is 31.5 Å². The van der Waals surface area contributed by atoms with Gasteiger partial charge in [-0.2, -0.15) is 0 Å². The van der Waals surface area contributed by atoms with Crippen molar-refractivity contribution in [3.05, 3.63) is 30.1 Å². The number of amides is 2. The fourth-order valence-corrected chi connectivity index (χ4v) is 3.01. The Labute approximate surface area is 129 Å². The number of ether oxygens (including phenoxy) is 1. The number of rotatable bonds is 4. The van der Waals surface area contributed by atoms with E-state index in [0.717, 1.165) is 25.1 Å². The second-order valence-corrected chi connectivity index (χ2v) is 5.84. The van der Waals surface area contributed by atoms with Gasteiger partial charge in [-0.25, -0.2) is 4.79 Å². The molecule has 2 aliphatic heterocycles. The van der Waals surface area contributed by atoms with Gasteiger partial charge in [-0.1, -0.05) is 6.07 Å². The summed E-state index contributed by atoms with van der Waals surface area (Å²) in [6, 6.07) is 5.61. The molecule has 118 valence electrons. The van der Waals surface area contributed by atoms with Crippen molar-refractivity contribution in [2.24, 2.45) is 0 Å². The molecule has 3 heterocycles. The molecule has 2 saturated heterocycles. The van der Waals surface area contributed by atoms with Crippen molar-refractivity contribution in [1.82, 2.24) is 20.5 Å². The van der Waals surface area contributed by atoms with E-state index < -0.39 is 5.60 Å². The molecule has 1 atom stereocenters. The molecule has 22 heavy (non-hydrogen) atoms. The van der Waals surface area contributed by atoms with E-state index in [1.165, 1.54) is 0 Å². The Morgan fingerprint density at radius 2 is 2.41 bits per heavy atom. The molecule has 3 rings (SSSR count). The standard InChI is InChI=1S/C15H20N4O3/c20-13(17-8-12-4-1-2-6-16-12)9-19-7-3-5-15(11-19)10-18-14(21)22-15/h1-2,4,6H,3,5,7-11H2,(H,17,20)(H,18,21). The zero-order valence-corrected chi connectivity index (χ0v) is 12.4. The van der Waals surface area contributed by atoms with Crippen molar-refractivity contribution >= 4 is 12.0 Å². The number of carbonyl (C=O) groups excluding carboxylic acids is 2. The lowest BCUT2D eigenvalue weighted by Crippen LogP contribution is -2.52. The topological polar surface area (TPSA) is 83.6 Å². The first-order valence-corrected chi connectivity index (χ1v) is 7.51. The monoisotopic (exact) mass is 304 g/mol. The van der Waals surface area contributed by atoms with E-state index in [9.17, 15) is 9.59 Å². The van der Waals surface area contributed by atoms with Crippen LogP contribution in [0.2, 0.25) is 0 Å². The van der Waals surface area contributed by atoms with Gasteiger partial charge in [0.25, 0.3) is 0 Å². The third-order valence-corrected chi connectivity index (χ3v) is 4.04. The van der Waals surface area contributed by atoms with E-state index in [2.05, 4.69) is 15.6 Å². The molecule has 0 aromatic carbocycles. The van der Waals surface area contributed by atoms with Gasteiger partial charge in [-0.3, -0.25) is 14.7 Å². The molecule has 1 unspecified atom stereocenters. The minimum absolute atomic E-state index is 0.0417.